The Labute approximate surface area is 215 Å². The maximum Gasteiger partial charge on any atom is 0.230 e. The van der Waals surface area contributed by atoms with Gasteiger partial charge in [-0.05, 0) is 55.5 Å². The number of nitrogens with zero attached hydrogens (tertiary/aromatic N) is 6. The van der Waals surface area contributed by atoms with Crippen LogP contribution in [-0.2, 0) is 6.61 Å². The molecule has 0 aliphatic carbocycles. The van der Waals surface area contributed by atoms with Crippen LogP contribution in [0.15, 0.2) is 83.7 Å². The van der Waals surface area contributed by atoms with Gasteiger partial charge in [0, 0.05) is 5.02 Å². The van der Waals surface area contributed by atoms with Crippen LogP contribution in [-0.4, -0.2) is 29.4 Å². The van der Waals surface area contributed by atoms with Crippen molar-refractivity contribution in [3.63, 3.8) is 0 Å². The topological polar surface area (TPSA) is 92.5 Å². The minimum atomic E-state index is -0.336. The van der Waals surface area contributed by atoms with Crippen molar-refractivity contribution < 1.29 is 13.9 Å². The van der Waals surface area contributed by atoms with Crippen molar-refractivity contribution in [3.8, 4) is 23.2 Å². The van der Waals surface area contributed by atoms with Gasteiger partial charge in [-0.25, -0.2) is 19.2 Å². The van der Waals surface area contributed by atoms with E-state index in [1.54, 1.807) is 46.1 Å². The molecule has 2 aromatic carbocycles. The normalized spacial score (nSPS) is 14.3. The monoisotopic (exact) mass is 510 g/mol. The van der Waals surface area contributed by atoms with Crippen LogP contribution in [0.2, 0.25) is 5.02 Å². The molecule has 6 aromatic rings. The highest BCUT2D eigenvalue weighted by Crippen LogP contribution is 2.49. The van der Waals surface area contributed by atoms with E-state index in [2.05, 4.69) is 10.1 Å². The van der Waals surface area contributed by atoms with Gasteiger partial charge in [0.15, 0.2) is 11.5 Å². The molecule has 4 aromatic heterocycles. The first-order valence-electron chi connectivity index (χ1n) is 11.6. The molecule has 1 aliphatic heterocycles. The van der Waals surface area contributed by atoms with Gasteiger partial charge in [-0.2, -0.15) is 5.10 Å². The minimum Gasteiger partial charge on any atom is -0.486 e. The number of rotatable bonds is 5. The number of para-hydroxylation sites is 1. The molecule has 0 saturated carbocycles. The molecule has 5 heterocycles. The molecule has 0 N–H and O–H groups in total. The molecule has 0 bridgehead atoms. The van der Waals surface area contributed by atoms with Gasteiger partial charge in [-0.15, -0.1) is 5.10 Å². The van der Waals surface area contributed by atoms with Crippen molar-refractivity contribution >= 4 is 17.2 Å². The molecular formula is C27H19ClN6O3. The number of aryl methyl sites for hydroxylation is 1. The fourth-order valence-electron chi connectivity index (χ4n) is 4.65. The molecule has 7 rings (SSSR count). The molecule has 0 unspecified atom stereocenters. The Morgan fingerprint density at radius 1 is 0.973 bits per heavy atom. The van der Waals surface area contributed by atoms with E-state index < -0.39 is 0 Å². The molecule has 9 nitrogen and oxygen atoms in total. The smallest absolute Gasteiger partial charge is 0.230 e. The number of benzene rings is 2. The Bertz CT molecular complexity index is 1730. The zero-order chi connectivity index (χ0) is 24.9. The summed E-state index contributed by atoms with van der Waals surface area (Å²) in [6, 6.07) is 20.8. The van der Waals surface area contributed by atoms with Crippen molar-refractivity contribution in [3.05, 3.63) is 113 Å². The Hall–Kier alpha value is -4.63. The Kier molecular flexibility index (Phi) is 4.97. The van der Waals surface area contributed by atoms with Crippen LogP contribution in [0.3, 0.4) is 0 Å². The molecule has 1 aliphatic rings. The quantitative estimate of drug-likeness (QED) is 0.292. The van der Waals surface area contributed by atoms with Gasteiger partial charge in [0.1, 0.15) is 24.4 Å². The molecule has 0 radical (unpaired) electrons. The zero-order valence-electron chi connectivity index (χ0n) is 19.6. The lowest BCUT2D eigenvalue weighted by Crippen LogP contribution is -2.15. The molecule has 37 heavy (non-hydrogen) atoms. The van der Waals surface area contributed by atoms with Crippen molar-refractivity contribution in [2.45, 2.75) is 19.4 Å². The van der Waals surface area contributed by atoms with Crippen LogP contribution >= 0.6 is 11.6 Å². The first-order valence-corrected chi connectivity index (χ1v) is 12.0. The average molecular weight is 511 g/mol. The van der Waals surface area contributed by atoms with Gasteiger partial charge >= 0.3 is 0 Å². The summed E-state index contributed by atoms with van der Waals surface area (Å²) >= 11 is 5.97. The number of hydrogen-bond donors (Lipinski definition) is 0. The summed E-state index contributed by atoms with van der Waals surface area (Å²) in [5.41, 5.74) is 3.96. The van der Waals surface area contributed by atoms with E-state index in [4.69, 9.17) is 35.6 Å². The van der Waals surface area contributed by atoms with Gasteiger partial charge in [-0.1, -0.05) is 29.8 Å². The van der Waals surface area contributed by atoms with E-state index in [-0.39, 0.29) is 12.5 Å². The number of halogens is 1. The highest BCUT2D eigenvalue weighted by molar-refractivity contribution is 6.30. The number of fused-ring (bicyclic) bond motifs is 4. The second kappa shape index (κ2) is 8.49. The van der Waals surface area contributed by atoms with E-state index in [0.717, 1.165) is 28.3 Å². The first kappa shape index (κ1) is 21.6. The average Bonchev–Trinajstić information content (AvgIpc) is 3.67. The predicted octanol–water partition coefficient (Wildman–Crippen LogP) is 5.73. The van der Waals surface area contributed by atoms with Crippen molar-refractivity contribution in [1.82, 2.24) is 29.4 Å². The highest BCUT2D eigenvalue weighted by Gasteiger charge is 2.39. The number of hydrogen-bond acceptors (Lipinski definition) is 7. The van der Waals surface area contributed by atoms with Gasteiger partial charge < -0.3 is 13.9 Å². The summed E-state index contributed by atoms with van der Waals surface area (Å²) in [6.45, 7) is 2.14. The highest BCUT2D eigenvalue weighted by atomic mass is 35.5. The van der Waals surface area contributed by atoms with Crippen LogP contribution in [0, 0.1) is 6.92 Å². The van der Waals surface area contributed by atoms with Crippen LogP contribution in [0.25, 0.3) is 11.3 Å². The standard InChI is InChI=1S/C27H19ClN6O3/c1-16-22-23(20-8-5-13-35-20)24-25-30-21(14-36-19-11-9-17(28)10-12-19)32-33(25)15-29-26(24)37-27(22)34(31-16)18-6-3-2-4-7-18/h2-13,15,23H,14H2,1H3/t23-/m1/s1. The molecular weight excluding hydrogens is 492 g/mol. The zero-order valence-corrected chi connectivity index (χ0v) is 20.3. The van der Waals surface area contributed by atoms with E-state index in [0.29, 0.717) is 34.0 Å². The lowest BCUT2D eigenvalue weighted by Gasteiger charge is -2.24. The molecule has 0 fully saturated rings. The Balaban J connectivity index is 1.34. The maximum atomic E-state index is 6.39. The summed E-state index contributed by atoms with van der Waals surface area (Å²) < 4.78 is 21.6. The predicted molar refractivity (Wildman–Crippen MR) is 135 cm³/mol. The van der Waals surface area contributed by atoms with E-state index in [1.165, 1.54) is 0 Å². The minimum absolute atomic E-state index is 0.181. The number of ether oxygens (including phenoxy) is 2. The fourth-order valence-corrected chi connectivity index (χ4v) is 4.77. The molecule has 10 heteroatoms. The van der Waals surface area contributed by atoms with E-state index in [9.17, 15) is 0 Å². The maximum absolute atomic E-state index is 6.39. The van der Waals surface area contributed by atoms with Gasteiger partial charge in [0.25, 0.3) is 0 Å². The van der Waals surface area contributed by atoms with Crippen LogP contribution in [0.5, 0.6) is 17.5 Å². The molecule has 182 valence electrons. The Morgan fingerprint density at radius 2 is 1.81 bits per heavy atom. The summed E-state index contributed by atoms with van der Waals surface area (Å²) in [7, 11) is 0. The first-order chi connectivity index (χ1) is 18.2. The van der Waals surface area contributed by atoms with Gasteiger partial charge in [0.2, 0.25) is 11.8 Å². The summed E-state index contributed by atoms with van der Waals surface area (Å²) in [6.07, 6.45) is 3.25. The van der Waals surface area contributed by atoms with E-state index >= 15 is 0 Å². The van der Waals surface area contributed by atoms with Gasteiger partial charge in [0.05, 0.1) is 34.7 Å². The van der Waals surface area contributed by atoms with Crippen LogP contribution in [0.4, 0.5) is 0 Å². The van der Waals surface area contributed by atoms with Crippen molar-refractivity contribution in [2.75, 3.05) is 0 Å². The lowest BCUT2D eigenvalue weighted by atomic mass is 9.88. The van der Waals surface area contributed by atoms with Crippen molar-refractivity contribution in [2.24, 2.45) is 0 Å². The summed E-state index contributed by atoms with van der Waals surface area (Å²) in [4.78, 5) is 9.39. The lowest BCUT2D eigenvalue weighted by molar-refractivity contribution is 0.296. The third-order valence-electron chi connectivity index (χ3n) is 6.27. The summed E-state index contributed by atoms with van der Waals surface area (Å²) in [5, 5.41) is 10.0. The fraction of sp³-hybridized carbons (Fsp3) is 0.111. The molecule has 0 amide bonds. The van der Waals surface area contributed by atoms with E-state index in [1.807, 2.05) is 49.4 Å². The second-order valence-corrected chi connectivity index (χ2v) is 9.04. The number of furan rings is 1. The largest absolute Gasteiger partial charge is 0.486 e. The Morgan fingerprint density at radius 3 is 2.59 bits per heavy atom. The van der Waals surface area contributed by atoms with Crippen LogP contribution < -0.4 is 9.47 Å². The SMILES string of the molecule is Cc1nn(-c2ccccc2)c2c1[C@@H](c1ccco1)c1c(ncn3nc(COc4ccc(Cl)cc4)nc13)O2. The number of aromatic nitrogens is 6. The second-order valence-electron chi connectivity index (χ2n) is 8.60. The van der Waals surface area contributed by atoms with Crippen LogP contribution in [0.1, 0.15) is 34.3 Å². The molecule has 1 atom stereocenters. The summed E-state index contributed by atoms with van der Waals surface area (Å²) in [5.74, 6) is 2.60. The molecule has 0 spiro atoms. The molecule has 0 saturated heterocycles. The van der Waals surface area contributed by atoms with Crippen molar-refractivity contribution in [1.29, 1.82) is 0 Å². The van der Waals surface area contributed by atoms with Gasteiger partial charge in [-0.3, -0.25) is 0 Å². The third kappa shape index (κ3) is 3.63. The third-order valence-corrected chi connectivity index (χ3v) is 6.53.